The van der Waals surface area contributed by atoms with Gasteiger partial charge in [0.2, 0.25) is 0 Å². The zero-order chi connectivity index (χ0) is 21.2. The second kappa shape index (κ2) is 8.26. The molecule has 3 aromatic heterocycles. The first kappa shape index (κ1) is 19.4. The van der Waals surface area contributed by atoms with Crippen molar-refractivity contribution in [3.8, 4) is 5.75 Å². The zero-order valence-electron chi connectivity index (χ0n) is 17.9. The van der Waals surface area contributed by atoms with E-state index >= 15 is 0 Å². The minimum Gasteiger partial charge on any atom is -0.497 e. The molecule has 0 unspecified atom stereocenters. The summed E-state index contributed by atoms with van der Waals surface area (Å²) in [5.41, 5.74) is 6.07. The Morgan fingerprint density at radius 1 is 1.00 bits per heavy atom. The van der Waals surface area contributed by atoms with Gasteiger partial charge in [-0.15, -0.1) is 0 Å². The predicted octanol–water partition coefficient (Wildman–Crippen LogP) is 5.22. The largest absolute Gasteiger partial charge is 0.497 e. The van der Waals surface area contributed by atoms with Gasteiger partial charge >= 0.3 is 0 Å². The number of hydrogen-bond donors (Lipinski definition) is 1. The van der Waals surface area contributed by atoms with Crippen molar-refractivity contribution in [3.63, 3.8) is 0 Å². The third-order valence-corrected chi connectivity index (χ3v) is 5.98. The second-order valence-electron chi connectivity index (χ2n) is 8.00. The Morgan fingerprint density at radius 3 is 2.84 bits per heavy atom. The van der Waals surface area contributed by atoms with Crippen LogP contribution in [0.25, 0.3) is 21.8 Å². The topological polar surface area (TPSA) is 55.7 Å². The van der Waals surface area contributed by atoms with Crippen LogP contribution in [0.2, 0.25) is 0 Å². The van der Waals surface area contributed by atoms with Gasteiger partial charge in [0.15, 0.2) is 0 Å². The number of H-pyrrole nitrogens is 1. The number of rotatable bonds is 7. The highest BCUT2D eigenvalue weighted by molar-refractivity contribution is 5.85. The van der Waals surface area contributed by atoms with Crippen molar-refractivity contribution >= 4 is 21.8 Å². The summed E-state index contributed by atoms with van der Waals surface area (Å²) in [5.74, 6) is 1.77. The number of methoxy groups -OCH3 is 1. The summed E-state index contributed by atoms with van der Waals surface area (Å²) in [5, 5.41) is 2.51. The van der Waals surface area contributed by atoms with Crippen LogP contribution >= 0.6 is 0 Å². The van der Waals surface area contributed by atoms with E-state index in [4.69, 9.17) is 9.72 Å². The zero-order valence-corrected chi connectivity index (χ0v) is 17.9. The van der Waals surface area contributed by atoms with Crippen LogP contribution in [0.3, 0.4) is 0 Å². The number of nitrogens with one attached hydrogen (secondary N) is 1. The summed E-state index contributed by atoms with van der Waals surface area (Å²) in [4.78, 5) is 12.7. The Hall–Kier alpha value is -3.60. The highest BCUT2D eigenvalue weighted by Crippen LogP contribution is 2.25. The molecule has 0 radical (unpaired) electrons. The van der Waals surface area contributed by atoms with Gasteiger partial charge in [0, 0.05) is 59.6 Å². The van der Waals surface area contributed by atoms with E-state index in [-0.39, 0.29) is 0 Å². The fourth-order valence-corrected chi connectivity index (χ4v) is 4.31. The van der Waals surface area contributed by atoms with Crippen LogP contribution in [0.15, 0.2) is 67.1 Å². The third-order valence-electron chi connectivity index (χ3n) is 5.98. The highest BCUT2D eigenvalue weighted by Gasteiger charge is 2.09. The van der Waals surface area contributed by atoms with Crippen molar-refractivity contribution in [3.05, 3.63) is 89.8 Å². The molecule has 1 N–H and O–H groups in total. The minimum absolute atomic E-state index is 0.747. The van der Waals surface area contributed by atoms with Crippen LogP contribution in [0.1, 0.15) is 29.1 Å². The van der Waals surface area contributed by atoms with Crippen LogP contribution in [0.5, 0.6) is 5.75 Å². The van der Waals surface area contributed by atoms with E-state index < -0.39 is 0 Å². The number of benzene rings is 2. The Balaban J connectivity index is 1.28. The fourth-order valence-electron chi connectivity index (χ4n) is 4.31. The monoisotopic (exact) mass is 410 g/mol. The summed E-state index contributed by atoms with van der Waals surface area (Å²) in [6.07, 6.45) is 9.81. The molecule has 5 nitrogen and oxygen atoms in total. The lowest BCUT2D eigenvalue weighted by Crippen LogP contribution is -2.01. The van der Waals surface area contributed by atoms with Gasteiger partial charge in [-0.25, -0.2) is 9.97 Å². The number of nitrogens with zero attached hydrogens (tertiary/aromatic N) is 3. The van der Waals surface area contributed by atoms with E-state index in [9.17, 15) is 0 Å². The standard InChI is InChI=1S/C26H26N4O/c1-30-14-12-22-18(5-4-8-25(22)30)15-26-27-13-11-20(29-26)7-3-6-19-17-28-24-10-9-21(31-2)16-23(19)24/h4-5,8-14,16-17,28H,3,6-7,15H2,1-2H3. The number of hydrogen-bond acceptors (Lipinski definition) is 3. The lowest BCUT2D eigenvalue weighted by Gasteiger charge is -2.06. The van der Waals surface area contributed by atoms with Crippen LogP contribution < -0.4 is 4.74 Å². The first-order chi connectivity index (χ1) is 15.2. The van der Waals surface area contributed by atoms with E-state index in [0.717, 1.165) is 48.5 Å². The van der Waals surface area contributed by atoms with Crippen LogP contribution in [-0.2, 0) is 26.3 Å². The van der Waals surface area contributed by atoms with E-state index in [1.165, 1.54) is 27.4 Å². The molecule has 2 aromatic carbocycles. The summed E-state index contributed by atoms with van der Waals surface area (Å²) < 4.78 is 7.53. The minimum atomic E-state index is 0.747. The van der Waals surface area contributed by atoms with Gasteiger partial charge in [-0.1, -0.05) is 12.1 Å². The van der Waals surface area contributed by atoms with Crippen molar-refractivity contribution in [2.45, 2.75) is 25.7 Å². The van der Waals surface area contributed by atoms with Gasteiger partial charge in [-0.3, -0.25) is 0 Å². The fraction of sp³-hybridized carbons (Fsp3) is 0.231. The maximum absolute atomic E-state index is 5.38. The molecule has 0 saturated heterocycles. The normalized spacial score (nSPS) is 11.4. The molecular formula is C26H26N4O. The Bertz CT molecular complexity index is 1350. The van der Waals surface area contributed by atoms with Gasteiger partial charge in [-0.05, 0) is 66.8 Å². The summed E-state index contributed by atoms with van der Waals surface area (Å²) in [6, 6.07) is 16.8. The molecule has 31 heavy (non-hydrogen) atoms. The average molecular weight is 411 g/mol. The van der Waals surface area contributed by atoms with E-state index in [2.05, 4.69) is 70.4 Å². The van der Waals surface area contributed by atoms with E-state index in [1.807, 2.05) is 18.3 Å². The molecule has 0 bridgehead atoms. The first-order valence-corrected chi connectivity index (χ1v) is 10.7. The molecule has 0 atom stereocenters. The lowest BCUT2D eigenvalue weighted by atomic mass is 10.1. The summed E-state index contributed by atoms with van der Waals surface area (Å²) in [7, 11) is 3.78. The van der Waals surface area contributed by atoms with Crippen LogP contribution in [0, 0.1) is 0 Å². The third kappa shape index (κ3) is 3.91. The Labute approximate surface area is 181 Å². The number of aromatic amines is 1. The van der Waals surface area contributed by atoms with Crippen LogP contribution in [-0.4, -0.2) is 26.6 Å². The van der Waals surface area contributed by atoms with Crippen molar-refractivity contribution in [2.24, 2.45) is 7.05 Å². The molecule has 0 aliphatic rings. The van der Waals surface area contributed by atoms with Gasteiger partial charge in [-0.2, -0.15) is 0 Å². The van der Waals surface area contributed by atoms with Gasteiger partial charge in [0.25, 0.3) is 0 Å². The molecule has 0 saturated carbocycles. The Kier molecular flexibility index (Phi) is 5.16. The number of aryl methyl sites for hydroxylation is 3. The van der Waals surface area contributed by atoms with Crippen molar-refractivity contribution < 1.29 is 4.74 Å². The van der Waals surface area contributed by atoms with E-state index in [1.54, 1.807) is 7.11 Å². The molecule has 0 spiro atoms. The molecule has 0 aliphatic heterocycles. The summed E-state index contributed by atoms with van der Waals surface area (Å²) >= 11 is 0. The molecule has 0 fully saturated rings. The smallest absolute Gasteiger partial charge is 0.132 e. The average Bonchev–Trinajstić information content (AvgIpc) is 3.38. The van der Waals surface area contributed by atoms with Crippen molar-refractivity contribution in [1.29, 1.82) is 0 Å². The van der Waals surface area contributed by atoms with Crippen LogP contribution in [0.4, 0.5) is 0 Å². The quantitative estimate of drug-likeness (QED) is 0.400. The molecule has 5 rings (SSSR count). The molecular weight excluding hydrogens is 384 g/mol. The number of aromatic nitrogens is 4. The number of ether oxygens (including phenoxy) is 1. The molecule has 3 heterocycles. The molecule has 5 aromatic rings. The highest BCUT2D eigenvalue weighted by atomic mass is 16.5. The molecule has 0 aliphatic carbocycles. The van der Waals surface area contributed by atoms with E-state index in [0.29, 0.717) is 0 Å². The SMILES string of the molecule is COc1ccc2[nH]cc(CCCc3ccnc(Cc4cccc5c4ccn5C)n3)c2c1. The maximum atomic E-state index is 5.38. The molecule has 5 heteroatoms. The lowest BCUT2D eigenvalue weighted by molar-refractivity contribution is 0.415. The Morgan fingerprint density at radius 2 is 1.94 bits per heavy atom. The molecule has 156 valence electrons. The number of fused-ring (bicyclic) bond motifs is 2. The van der Waals surface area contributed by atoms with Crippen molar-refractivity contribution in [2.75, 3.05) is 7.11 Å². The van der Waals surface area contributed by atoms with Crippen molar-refractivity contribution in [1.82, 2.24) is 19.5 Å². The second-order valence-corrected chi connectivity index (χ2v) is 8.00. The van der Waals surface area contributed by atoms with Gasteiger partial charge < -0.3 is 14.3 Å². The van der Waals surface area contributed by atoms with Gasteiger partial charge in [0.1, 0.15) is 11.6 Å². The predicted molar refractivity (Wildman–Crippen MR) is 125 cm³/mol. The molecule has 0 amide bonds. The maximum Gasteiger partial charge on any atom is 0.132 e. The first-order valence-electron chi connectivity index (χ1n) is 10.7. The summed E-state index contributed by atoms with van der Waals surface area (Å²) in [6.45, 7) is 0. The van der Waals surface area contributed by atoms with Gasteiger partial charge in [0.05, 0.1) is 7.11 Å².